The van der Waals surface area contributed by atoms with Crippen LogP contribution in [0, 0.1) is 0 Å². The van der Waals surface area contributed by atoms with Gasteiger partial charge >= 0.3 is 0 Å². The molecule has 0 heterocycles. The average molecular weight is 263 g/mol. The normalized spacial score (nSPS) is 20.1. The van der Waals surface area contributed by atoms with Gasteiger partial charge in [-0.2, -0.15) is 0 Å². The van der Waals surface area contributed by atoms with E-state index in [9.17, 15) is 10.2 Å². The molecule has 0 bridgehead atoms. The molecule has 0 aromatic heterocycles. The number of aliphatic hydroxyl groups excluding tert-OH is 1. The quantitative estimate of drug-likeness (QED) is 0.734. The standard InChI is InChI=1S/C16H25NO2/c18-12-15(11-14-7-3-1-4-8-14)17-13-16(19)9-5-2-6-10-16/h1,3-4,7-8,15,17-19H,2,5-6,9-13H2. The van der Waals surface area contributed by atoms with Crippen molar-refractivity contribution in [2.75, 3.05) is 13.2 Å². The number of rotatable bonds is 6. The van der Waals surface area contributed by atoms with Crippen LogP contribution >= 0.6 is 0 Å². The van der Waals surface area contributed by atoms with Gasteiger partial charge in [0.05, 0.1) is 12.2 Å². The highest BCUT2D eigenvalue weighted by atomic mass is 16.3. The Bertz CT molecular complexity index is 360. The van der Waals surface area contributed by atoms with Crippen molar-refractivity contribution in [2.24, 2.45) is 0 Å². The number of nitrogens with one attached hydrogen (secondary N) is 1. The summed E-state index contributed by atoms with van der Waals surface area (Å²) in [6, 6.07) is 10.2. The maximum Gasteiger partial charge on any atom is 0.0771 e. The van der Waals surface area contributed by atoms with E-state index in [0.717, 1.165) is 32.1 Å². The van der Waals surface area contributed by atoms with Crippen molar-refractivity contribution >= 4 is 0 Å². The predicted molar refractivity (Wildman–Crippen MR) is 77.1 cm³/mol. The van der Waals surface area contributed by atoms with Crippen molar-refractivity contribution in [3.05, 3.63) is 35.9 Å². The molecule has 0 amide bonds. The summed E-state index contributed by atoms with van der Waals surface area (Å²) >= 11 is 0. The summed E-state index contributed by atoms with van der Waals surface area (Å²) in [6.45, 7) is 0.691. The van der Waals surface area contributed by atoms with Gasteiger partial charge in [0.25, 0.3) is 0 Å². The molecule has 1 unspecified atom stereocenters. The monoisotopic (exact) mass is 263 g/mol. The van der Waals surface area contributed by atoms with Crippen molar-refractivity contribution in [2.45, 2.75) is 50.2 Å². The number of aliphatic hydroxyl groups is 2. The molecule has 1 fully saturated rings. The summed E-state index contributed by atoms with van der Waals surface area (Å²) in [7, 11) is 0. The summed E-state index contributed by atoms with van der Waals surface area (Å²) in [5.41, 5.74) is 0.646. The molecular formula is C16H25NO2. The Morgan fingerprint density at radius 2 is 1.79 bits per heavy atom. The zero-order valence-corrected chi connectivity index (χ0v) is 11.5. The third-order valence-corrected chi connectivity index (χ3v) is 4.05. The van der Waals surface area contributed by atoms with Crippen LogP contribution in [-0.4, -0.2) is 35.0 Å². The first-order valence-corrected chi connectivity index (χ1v) is 7.32. The Balaban J connectivity index is 1.82. The van der Waals surface area contributed by atoms with Crippen LogP contribution in [0.25, 0.3) is 0 Å². The van der Waals surface area contributed by atoms with Crippen molar-refractivity contribution in [3.63, 3.8) is 0 Å². The number of hydrogen-bond donors (Lipinski definition) is 3. The van der Waals surface area contributed by atoms with Crippen molar-refractivity contribution in [3.8, 4) is 0 Å². The molecule has 1 atom stereocenters. The van der Waals surface area contributed by atoms with Gasteiger partial charge in [-0.1, -0.05) is 49.6 Å². The van der Waals surface area contributed by atoms with Crippen LogP contribution in [0.4, 0.5) is 0 Å². The topological polar surface area (TPSA) is 52.5 Å². The highest BCUT2D eigenvalue weighted by Crippen LogP contribution is 2.27. The Morgan fingerprint density at radius 1 is 1.11 bits per heavy atom. The Labute approximate surface area is 115 Å². The molecule has 0 saturated heterocycles. The molecule has 1 saturated carbocycles. The smallest absolute Gasteiger partial charge is 0.0771 e. The summed E-state index contributed by atoms with van der Waals surface area (Å²) in [5, 5.41) is 23.2. The van der Waals surface area contributed by atoms with E-state index < -0.39 is 5.60 Å². The molecule has 0 radical (unpaired) electrons. The average Bonchev–Trinajstić information content (AvgIpc) is 2.45. The van der Waals surface area contributed by atoms with Crippen LogP contribution in [0.1, 0.15) is 37.7 Å². The van der Waals surface area contributed by atoms with E-state index in [0.29, 0.717) is 6.54 Å². The third-order valence-electron chi connectivity index (χ3n) is 4.05. The molecule has 3 N–H and O–H groups in total. The van der Waals surface area contributed by atoms with E-state index in [4.69, 9.17) is 0 Å². The van der Waals surface area contributed by atoms with Crippen molar-refractivity contribution in [1.29, 1.82) is 0 Å². The zero-order chi connectivity index (χ0) is 13.6. The first-order chi connectivity index (χ1) is 9.22. The fraction of sp³-hybridized carbons (Fsp3) is 0.625. The minimum Gasteiger partial charge on any atom is -0.395 e. The Hall–Kier alpha value is -0.900. The van der Waals surface area contributed by atoms with Gasteiger partial charge in [-0.25, -0.2) is 0 Å². The van der Waals surface area contributed by atoms with E-state index >= 15 is 0 Å². The van der Waals surface area contributed by atoms with Crippen LogP contribution in [0.2, 0.25) is 0 Å². The fourth-order valence-electron chi connectivity index (χ4n) is 2.82. The van der Waals surface area contributed by atoms with Gasteiger partial charge in [-0.3, -0.25) is 0 Å². The van der Waals surface area contributed by atoms with E-state index in [-0.39, 0.29) is 12.6 Å². The molecule has 106 valence electrons. The lowest BCUT2D eigenvalue weighted by atomic mass is 9.84. The second-order valence-corrected chi connectivity index (χ2v) is 5.74. The van der Waals surface area contributed by atoms with E-state index in [1.54, 1.807) is 0 Å². The van der Waals surface area contributed by atoms with Crippen LogP contribution in [0.5, 0.6) is 0 Å². The lowest BCUT2D eigenvalue weighted by molar-refractivity contribution is 0.00113. The minimum atomic E-state index is -0.567. The minimum absolute atomic E-state index is 0.0216. The van der Waals surface area contributed by atoms with Gasteiger partial charge in [0.2, 0.25) is 0 Å². The maximum absolute atomic E-state index is 10.4. The van der Waals surface area contributed by atoms with E-state index in [1.807, 2.05) is 18.2 Å². The first-order valence-electron chi connectivity index (χ1n) is 7.32. The van der Waals surface area contributed by atoms with Crippen LogP contribution in [0.3, 0.4) is 0 Å². The maximum atomic E-state index is 10.4. The van der Waals surface area contributed by atoms with E-state index in [2.05, 4.69) is 17.4 Å². The molecule has 3 heteroatoms. The first kappa shape index (κ1) is 14.5. The van der Waals surface area contributed by atoms with Gasteiger partial charge in [-0.15, -0.1) is 0 Å². The molecule has 0 spiro atoms. The van der Waals surface area contributed by atoms with Crippen LogP contribution < -0.4 is 5.32 Å². The van der Waals surface area contributed by atoms with Crippen molar-refractivity contribution < 1.29 is 10.2 Å². The molecule has 19 heavy (non-hydrogen) atoms. The highest BCUT2D eigenvalue weighted by Gasteiger charge is 2.29. The zero-order valence-electron chi connectivity index (χ0n) is 11.5. The number of benzene rings is 1. The van der Waals surface area contributed by atoms with Crippen LogP contribution in [-0.2, 0) is 6.42 Å². The van der Waals surface area contributed by atoms with Crippen molar-refractivity contribution in [1.82, 2.24) is 5.32 Å². The SMILES string of the molecule is OCC(Cc1ccccc1)NCC1(O)CCCCC1. The fourth-order valence-corrected chi connectivity index (χ4v) is 2.82. The Morgan fingerprint density at radius 3 is 2.42 bits per heavy atom. The van der Waals surface area contributed by atoms with Gasteiger partial charge in [0.1, 0.15) is 0 Å². The molecular weight excluding hydrogens is 238 g/mol. The van der Waals surface area contributed by atoms with E-state index in [1.165, 1.54) is 12.0 Å². The molecule has 2 rings (SSSR count). The van der Waals surface area contributed by atoms with Gasteiger partial charge in [-0.05, 0) is 24.8 Å². The summed E-state index contributed by atoms with van der Waals surface area (Å²) in [6.07, 6.45) is 6.01. The second kappa shape index (κ2) is 7.04. The molecule has 1 aliphatic rings. The largest absolute Gasteiger partial charge is 0.395 e. The summed E-state index contributed by atoms with van der Waals surface area (Å²) in [5.74, 6) is 0. The Kier molecular flexibility index (Phi) is 5.37. The molecule has 1 aromatic rings. The third kappa shape index (κ3) is 4.60. The molecule has 3 nitrogen and oxygen atoms in total. The predicted octanol–water partition coefficient (Wildman–Crippen LogP) is 1.87. The lowest BCUT2D eigenvalue weighted by Gasteiger charge is -2.33. The van der Waals surface area contributed by atoms with Gasteiger partial charge < -0.3 is 15.5 Å². The van der Waals surface area contributed by atoms with Gasteiger partial charge in [0.15, 0.2) is 0 Å². The highest BCUT2D eigenvalue weighted by molar-refractivity contribution is 5.15. The summed E-state index contributed by atoms with van der Waals surface area (Å²) in [4.78, 5) is 0. The molecule has 1 aromatic carbocycles. The lowest BCUT2D eigenvalue weighted by Crippen LogP contribution is -2.47. The molecule has 0 aliphatic heterocycles. The van der Waals surface area contributed by atoms with Crippen LogP contribution in [0.15, 0.2) is 30.3 Å². The summed E-state index contributed by atoms with van der Waals surface area (Å²) < 4.78 is 0. The second-order valence-electron chi connectivity index (χ2n) is 5.74. The van der Waals surface area contributed by atoms with Gasteiger partial charge in [0, 0.05) is 12.6 Å². The molecule has 1 aliphatic carbocycles. The number of hydrogen-bond acceptors (Lipinski definition) is 3.